The normalized spacial score (nSPS) is 18.1. The maximum absolute atomic E-state index is 13.5. The zero-order chi connectivity index (χ0) is 24.4. The molecule has 0 bridgehead atoms. The lowest BCUT2D eigenvalue weighted by atomic mass is 9.96. The van der Waals surface area contributed by atoms with Crippen LogP contribution in [0.15, 0.2) is 24.3 Å². The van der Waals surface area contributed by atoms with Gasteiger partial charge in [-0.2, -0.15) is 5.10 Å². The Morgan fingerprint density at radius 1 is 1.15 bits per heavy atom. The highest BCUT2D eigenvalue weighted by atomic mass is 16.2. The number of carbonyl (C=O) groups excluding carboxylic acids is 3. The van der Waals surface area contributed by atoms with Crippen molar-refractivity contribution in [1.82, 2.24) is 19.6 Å². The molecule has 1 N–H and O–H groups in total. The number of fused-ring (bicyclic) bond motifs is 1. The molecule has 8 nitrogen and oxygen atoms in total. The van der Waals surface area contributed by atoms with Gasteiger partial charge in [0.25, 0.3) is 5.91 Å². The van der Waals surface area contributed by atoms with Gasteiger partial charge in [0, 0.05) is 63.0 Å². The van der Waals surface area contributed by atoms with Crippen LogP contribution in [0, 0.1) is 18.8 Å². The van der Waals surface area contributed by atoms with Gasteiger partial charge in [-0.1, -0.05) is 32.0 Å². The van der Waals surface area contributed by atoms with Crippen LogP contribution in [-0.4, -0.2) is 56.9 Å². The number of hydrogen-bond acceptors (Lipinski definition) is 4. The minimum atomic E-state index is -0.263. The Bertz CT molecular complexity index is 1090. The van der Waals surface area contributed by atoms with E-state index in [0.717, 1.165) is 35.3 Å². The van der Waals surface area contributed by atoms with E-state index in [1.807, 2.05) is 57.0 Å². The Morgan fingerprint density at radius 3 is 2.65 bits per heavy atom. The molecule has 1 aromatic heterocycles. The van der Waals surface area contributed by atoms with Gasteiger partial charge in [-0.15, -0.1) is 0 Å². The summed E-state index contributed by atoms with van der Waals surface area (Å²) in [5.41, 5.74) is 4.10. The quantitative estimate of drug-likeness (QED) is 0.735. The molecular weight excluding hydrogens is 430 g/mol. The zero-order valence-electron chi connectivity index (χ0n) is 20.6. The van der Waals surface area contributed by atoms with Crippen LogP contribution in [0.25, 0.3) is 0 Å². The van der Waals surface area contributed by atoms with E-state index in [1.54, 1.807) is 9.58 Å². The first-order chi connectivity index (χ1) is 16.2. The second-order valence-electron chi connectivity index (χ2n) is 9.96. The van der Waals surface area contributed by atoms with Crippen molar-refractivity contribution in [2.45, 2.75) is 53.0 Å². The molecule has 1 saturated heterocycles. The van der Waals surface area contributed by atoms with E-state index in [2.05, 4.69) is 10.4 Å². The summed E-state index contributed by atoms with van der Waals surface area (Å²) in [6.45, 7) is 8.08. The van der Waals surface area contributed by atoms with Crippen LogP contribution in [0.5, 0.6) is 0 Å². The number of likely N-dealkylation sites (tertiary alicyclic amines) is 1. The lowest BCUT2D eigenvalue weighted by Gasteiger charge is -2.32. The van der Waals surface area contributed by atoms with E-state index in [4.69, 9.17) is 0 Å². The highest BCUT2D eigenvalue weighted by Gasteiger charge is 2.34. The Morgan fingerprint density at radius 2 is 1.91 bits per heavy atom. The second-order valence-corrected chi connectivity index (χ2v) is 9.96. The third-order valence-electron chi connectivity index (χ3n) is 6.86. The van der Waals surface area contributed by atoms with E-state index in [-0.39, 0.29) is 23.6 Å². The highest BCUT2D eigenvalue weighted by molar-refractivity contribution is 5.96. The SMILES string of the molecule is Cc1ccccc1NC(=O)C1CCCN(C(=O)c2nn(C)c3c2CN(C(=O)CC(C)C)CC3)C1. The third kappa shape index (κ3) is 5.00. The molecule has 1 unspecified atom stereocenters. The van der Waals surface area contributed by atoms with Gasteiger partial charge < -0.3 is 15.1 Å². The fourth-order valence-electron chi connectivity index (χ4n) is 4.93. The molecule has 1 atom stereocenters. The predicted molar refractivity (Wildman–Crippen MR) is 130 cm³/mol. The lowest BCUT2D eigenvalue weighted by molar-refractivity contribution is -0.133. The van der Waals surface area contributed by atoms with Crippen LogP contribution in [0.4, 0.5) is 5.69 Å². The molecule has 1 aromatic carbocycles. The van der Waals surface area contributed by atoms with Crippen LogP contribution in [0.3, 0.4) is 0 Å². The molecular formula is C26H35N5O3. The minimum absolute atomic E-state index is 0.0553. The van der Waals surface area contributed by atoms with Crippen molar-refractivity contribution >= 4 is 23.4 Å². The molecule has 0 aliphatic carbocycles. The van der Waals surface area contributed by atoms with E-state index < -0.39 is 0 Å². The molecule has 2 aliphatic heterocycles. The predicted octanol–water partition coefficient (Wildman–Crippen LogP) is 3.15. The van der Waals surface area contributed by atoms with Gasteiger partial charge >= 0.3 is 0 Å². The van der Waals surface area contributed by atoms with Crippen LogP contribution in [-0.2, 0) is 29.6 Å². The molecule has 3 heterocycles. The number of hydrogen-bond donors (Lipinski definition) is 1. The summed E-state index contributed by atoms with van der Waals surface area (Å²) in [6.07, 6.45) is 2.71. The maximum atomic E-state index is 13.5. The first-order valence-electron chi connectivity index (χ1n) is 12.2. The zero-order valence-corrected chi connectivity index (χ0v) is 20.6. The molecule has 2 aliphatic rings. The van der Waals surface area contributed by atoms with Crippen LogP contribution >= 0.6 is 0 Å². The van der Waals surface area contributed by atoms with Crippen molar-refractivity contribution < 1.29 is 14.4 Å². The maximum Gasteiger partial charge on any atom is 0.274 e. The summed E-state index contributed by atoms with van der Waals surface area (Å²) in [7, 11) is 1.86. The fourth-order valence-corrected chi connectivity index (χ4v) is 4.93. The van der Waals surface area contributed by atoms with E-state index in [0.29, 0.717) is 50.6 Å². The average Bonchev–Trinajstić information content (AvgIpc) is 3.15. The number of nitrogens with zero attached hydrogens (tertiary/aromatic N) is 4. The summed E-state index contributed by atoms with van der Waals surface area (Å²) < 4.78 is 1.78. The van der Waals surface area contributed by atoms with Crippen molar-refractivity contribution in [3.63, 3.8) is 0 Å². The number of anilines is 1. The Kier molecular flexibility index (Phi) is 7.05. The number of aryl methyl sites for hydroxylation is 2. The van der Waals surface area contributed by atoms with Crippen LogP contribution in [0.1, 0.15) is 60.4 Å². The third-order valence-corrected chi connectivity index (χ3v) is 6.86. The van der Waals surface area contributed by atoms with Gasteiger partial charge in [-0.05, 0) is 37.3 Å². The highest BCUT2D eigenvalue weighted by Crippen LogP contribution is 2.27. The average molecular weight is 466 g/mol. The van der Waals surface area contributed by atoms with Gasteiger partial charge in [0.05, 0.1) is 5.92 Å². The molecule has 2 aromatic rings. The molecule has 4 rings (SSSR count). The lowest BCUT2D eigenvalue weighted by Crippen LogP contribution is -2.44. The molecule has 182 valence electrons. The van der Waals surface area contributed by atoms with Gasteiger partial charge in [-0.25, -0.2) is 0 Å². The largest absolute Gasteiger partial charge is 0.338 e. The Balaban J connectivity index is 1.47. The van der Waals surface area contributed by atoms with Gasteiger partial charge in [-0.3, -0.25) is 19.1 Å². The molecule has 34 heavy (non-hydrogen) atoms. The molecule has 0 spiro atoms. The number of benzene rings is 1. The topological polar surface area (TPSA) is 87.5 Å². The van der Waals surface area contributed by atoms with Crippen molar-refractivity contribution in [2.75, 3.05) is 25.0 Å². The Labute approximate surface area is 201 Å². The minimum Gasteiger partial charge on any atom is -0.338 e. The van der Waals surface area contributed by atoms with Gasteiger partial charge in [0.15, 0.2) is 5.69 Å². The standard InChI is InChI=1S/C26H35N5O3/c1-17(2)14-23(32)30-13-11-22-20(16-30)24(28-29(22)4)26(34)31-12-7-9-19(15-31)25(33)27-21-10-6-5-8-18(21)3/h5-6,8,10,17,19H,7,9,11-16H2,1-4H3,(H,27,33). The van der Waals surface area contributed by atoms with Crippen LogP contribution < -0.4 is 5.32 Å². The Hall–Kier alpha value is -3.16. The molecule has 0 radical (unpaired) electrons. The van der Waals surface area contributed by atoms with Crippen molar-refractivity contribution in [3.05, 3.63) is 46.8 Å². The number of amides is 3. The smallest absolute Gasteiger partial charge is 0.274 e. The number of aromatic nitrogens is 2. The van der Waals surface area contributed by atoms with Crippen LogP contribution in [0.2, 0.25) is 0 Å². The summed E-state index contributed by atoms with van der Waals surface area (Å²) in [5.74, 6) is -0.0570. The van der Waals surface area contributed by atoms with E-state index in [9.17, 15) is 14.4 Å². The van der Waals surface area contributed by atoms with Gasteiger partial charge in [0.1, 0.15) is 0 Å². The second kappa shape index (κ2) is 9.99. The molecule has 3 amide bonds. The number of nitrogens with one attached hydrogen (secondary N) is 1. The first-order valence-corrected chi connectivity index (χ1v) is 12.2. The van der Waals surface area contributed by atoms with Crippen molar-refractivity contribution in [2.24, 2.45) is 18.9 Å². The first kappa shape index (κ1) is 24.0. The van der Waals surface area contributed by atoms with Gasteiger partial charge in [0.2, 0.25) is 11.8 Å². The summed E-state index contributed by atoms with van der Waals surface area (Å²) >= 11 is 0. The number of piperidine rings is 1. The van der Waals surface area contributed by atoms with Crippen molar-refractivity contribution in [1.29, 1.82) is 0 Å². The van der Waals surface area contributed by atoms with E-state index >= 15 is 0 Å². The fraction of sp³-hybridized carbons (Fsp3) is 0.538. The summed E-state index contributed by atoms with van der Waals surface area (Å²) in [4.78, 5) is 42.7. The number of rotatable bonds is 5. The monoisotopic (exact) mass is 465 g/mol. The molecule has 0 saturated carbocycles. The van der Waals surface area contributed by atoms with E-state index in [1.165, 1.54) is 0 Å². The molecule has 8 heteroatoms. The number of carbonyl (C=O) groups is 3. The number of para-hydroxylation sites is 1. The molecule has 1 fully saturated rings. The summed E-state index contributed by atoms with van der Waals surface area (Å²) in [6, 6.07) is 7.70. The van der Waals surface area contributed by atoms with Crippen molar-refractivity contribution in [3.8, 4) is 0 Å². The summed E-state index contributed by atoms with van der Waals surface area (Å²) in [5, 5.41) is 7.58.